The van der Waals surface area contributed by atoms with Gasteiger partial charge in [-0.25, -0.2) is 0 Å². The molecule has 2 aromatic rings. The summed E-state index contributed by atoms with van der Waals surface area (Å²) in [5, 5.41) is 11.4. The standard InChI is InChI=1S/C19H31N5O2.HI/c1-14(13-18-15(2)23-24(4)16(18)3)22-19(21-10-12-25-5)20-9-8-17-7-6-11-26-17;/h6-7,11,14H,8-10,12-13H2,1-5H3,(H2,20,21,22);1H. The zero-order valence-corrected chi connectivity index (χ0v) is 19.2. The van der Waals surface area contributed by atoms with E-state index in [-0.39, 0.29) is 30.0 Å². The maximum Gasteiger partial charge on any atom is 0.191 e. The number of hydrogen-bond donors (Lipinski definition) is 2. The highest BCUT2D eigenvalue weighted by molar-refractivity contribution is 14.0. The molecule has 0 aliphatic heterocycles. The molecule has 0 saturated heterocycles. The first-order chi connectivity index (χ1) is 12.5. The number of nitrogens with zero attached hydrogens (tertiary/aromatic N) is 3. The van der Waals surface area contributed by atoms with Gasteiger partial charge in [-0.1, -0.05) is 0 Å². The molecule has 0 spiro atoms. The number of aromatic nitrogens is 2. The third kappa shape index (κ3) is 7.53. The molecule has 0 saturated carbocycles. The van der Waals surface area contributed by atoms with Crippen LogP contribution in [0.3, 0.4) is 0 Å². The molecular weight excluding hydrogens is 457 g/mol. The minimum Gasteiger partial charge on any atom is -0.469 e. The molecule has 1 unspecified atom stereocenters. The van der Waals surface area contributed by atoms with Crippen LogP contribution in [0, 0.1) is 13.8 Å². The Morgan fingerprint density at radius 2 is 2.19 bits per heavy atom. The summed E-state index contributed by atoms with van der Waals surface area (Å²) < 4.78 is 12.4. The van der Waals surface area contributed by atoms with Crippen LogP contribution in [0.5, 0.6) is 0 Å². The van der Waals surface area contributed by atoms with Crippen LogP contribution in [-0.4, -0.2) is 48.6 Å². The zero-order chi connectivity index (χ0) is 18.9. The van der Waals surface area contributed by atoms with Crippen molar-refractivity contribution in [1.82, 2.24) is 20.4 Å². The van der Waals surface area contributed by atoms with Crippen LogP contribution in [0.15, 0.2) is 27.8 Å². The summed E-state index contributed by atoms with van der Waals surface area (Å²) in [7, 11) is 3.67. The molecule has 2 rings (SSSR count). The van der Waals surface area contributed by atoms with Crippen LogP contribution in [0.4, 0.5) is 0 Å². The normalized spacial score (nSPS) is 12.6. The van der Waals surface area contributed by atoms with Gasteiger partial charge >= 0.3 is 0 Å². The van der Waals surface area contributed by atoms with Crippen molar-refractivity contribution in [3.8, 4) is 0 Å². The van der Waals surface area contributed by atoms with Crippen molar-refractivity contribution in [3.05, 3.63) is 41.1 Å². The first-order valence-electron chi connectivity index (χ1n) is 9.06. The van der Waals surface area contributed by atoms with Gasteiger partial charge < -0.3 is 19.8 Å². The van der Waals surface area contributed by atoms with Gasteiger partial charge in [0.15, 0.2) is 5.96 Å². The number of methoxy groups -OCH3 is 1. The van der Waals surface area contributed by atoms with E-state index in [1.807, 2.05) is 23.9 Å². The molecule has 0 amide bonds. The number of aliphatic imine (C=N–C) groups is 1. The van der Waals surface area contributed by atoms with Crippen LogP contribution >= 0.6 is 24.0 Å². The van der Waals surface area contributed by atoms with Crippen molar-refractivity contribution >= 4 is 29.9 Å². The van der Waals surface area contributed by atoms with Crippen molar-refractivity contribution in [3.63, 3.8) is 0 Å². The number of halogens is 1. The van der Waals surface area contributed by atoms with E-state index in [2.05, 4.69) is 41.5 Å². The molecule has 0 radical (unpaired) electrons. The molecule has 2 heterocycles. The molecule has 27 heavy (non-hydrogen) atoms. The quantitative estimate of drug-likeness (QED) is 0.245. The van der Waals surface area contributed by atoms with Gasteiger partial charge in [0, 0.05) is 38.9 Å². The van der Waals surface area contributed by atoms with Gasteiger partial charge in [0.05, 0.1) is 25.1 Å². The highest BCUT2D eigenvalue weighted by Crippen LogP contribution is 2.14. The average molecular weight is 489 g/mol. The second-order valence-electron chi connectivity index (χ2n) is 6.50. The Bertz CT molecular complexity index is 697. The first kappa shape index (κ1) is 23.5. The maximum absolute atomic E-state index is 5.37. The van der Waals surface area contributed by atoms with Gasteiger partial charge in [-0.15, -0.1) is 24.0 Å². The third-order valence-electron chi connectivity index (χ3n) is 4.36. The number of nitrogens with one attached hydrogen (secondary N) is 2. The fourth-order valence-electron chi connectivity index (χ4n) is 2.86. The van der Waals surface area contributed by atoms with E-state index in [1.54, 1.807) is 13.4 Å². The van der Waals surface area contributed by atoms with E-state index >= 15 is 0 Å². The molecular formula is C19H32IN5O2. The minimum absolute atomic E-state index is 0. The van der Waals surface area contributed by atoms with Crippen molar-refractivity contribution < 1.29 is 9.15 Å². The molecule has 2 aromatic heterocycles. The topological polar surface area (TPSA) is 76.6 Å². The minimum atomic E-state index is 0. The molecule has 0 bridgehead atoms. The SMILES string of the molecule is COCCN=C(NCCc1ccco1)NC(C)Cc1c(C)nn(C)c1C.I. The summed E-state index contributed by atoms with van der Waals surface area (Å²) in [6, 6.07) is 4.11. The van der Waals surface area contributed by atoms with Crippen molar-refractivity contribution in [2.75, 3.05) is 26.8 Å². The fourth-order valence-corrected chi connectivity index (χ4v) is 2.86. The second kappa shape index (κ2) is 12.0. The van der Waals surface area contributed by atoms with Gasteiger partial charge in [0.1, 0.15) is 5.76 Å². The number of hydrogen-bond acceptors (Lipinski definition) is 4. The molecule has 152 valence electrons. The predicted octanol–water partition coefficient (Wildman–Crippen LogP) is 2.60. The summed E-state index contributed by atoms with van der Waals surface area (Å²) in [6.45, 7) is 8.29. The van der Waals surface area contributed by atoms with Crippen LogP contribution in [0.2, 0.25) is 0 Å². The summed E-state index contributed by atoms with van der Waals surface area (Å²) in [5.41, 5.74) is 3.58. The molecule has 0 aliphatic carbocycles. The second-order valence-corrected chi connectivity index (χ2v) is 6.50. The lowest BCUT2D eigenvalue weighted by molar-refractivity contribution is 0.208. The van der Waals surface area contributed by atoms with Gasteiger partial charge in [-0.2, -0.15) is 5.10 Å². The number of furan rings is 1. The number of guanidine groups is 1. The van der Waals surface area contributed by atoms with Gasteiger partial charge in [0.2, 0.25) is 0 Å². The van der Waals surface area contributed by atoms with Crippen molar-refractivity contribution in [1.29, 1.82) is 0 Å². The van der Waals surface area contributed by atoms with E-state index in [1.165, 1.54) is 11.3 Å². The van der Waals surface area contributed by atoms with Gasteiger partial charge in [-0.3, -0.25) is 9.67 Å². The largest absolute Gasteiger partial charge is 0.469 e. The Kier molecular flexibility index (Phi) is 10.5. The first-order valence-corrected chi connectivity index (χ1v) is 9.06. The Balaban J connectivity index is 0.00000364. The van der Waals surface area contributed by atoms with Gasteiger partial charge in [0.25, 0.3) is 0 Å². The van der Waals surface area contributed by atoms with E-state index in [4.69, 9.17) is 9.15 Å². The van der Waals surface area contributed by atoms with E-state index in [9.17, 15) is 0 Å². The highest BCUT2D eigenvalue weighted by Gasteiger charge is 2.14. The molecule has 2 N–H and O–H groups in total. The van der Waals surface area contributed by atoms with Crippen molar-refractivity contribution in [2.24, 2.45) is 12.0 Å². The van der Waals surface area contributed by atoms with E-state index in [0.717, 1.165) is 36.8 Å². The summed E-state index contributed by atoms with van der Waals surface area (Å²) in [5.74, 6) is 1.75. The summed E-state index contributed by atoms with van der Waals surface area (Å²) in [4.78, 5) is 4.58. The zero-order valence-electron chi connectivity index (χ0n) is 16.9. The van der Waals surface area contributed by atoms with Crippen molar-refractivity contribution in [2.45, 2.75) is 39.7 Å². The lowest BCUT2D eigenvalue weighted by Gasteiger charge is -2.18. The lowest BCUT2D eigenvalue weighted by atomic mass is 10.1. The molecule has 8 heteroatoms. The molecule has 0 aromatic carbocycles. The van der Waals surface area contributed by atoms with Gasteiger partial charge in [-0.05, 0) is 44.9 Å². The van der Waals surface area contributed by atoms with Crippen LogP contribution in [0.25, 0.3) is 0 Å². The Labute approximate surface area is 179 Å². The monoisotopic (exact) mass is 489 g/mol. The van der Waals surface area contributed by atoms with E-state index < -0.39 is 0 Å². The third-order valence-corrected chi connectivity index (χ3v) is 4.36. The number of rotatable bonds is 9. The Morgan fingerprint density at radius 3 is 2.78 bits per heavy atom. The smallest absolute Gasteiger partial charge is 0.191 e. The van der Waals surface area contributed by atoms with E-state index in [0.29, 0.717) is 13.2 Å². The number of ether oxygens (including phenoxy) is 1. The van der Waals surface area contributed by atoms with Crippen LogP contribution < -0.4 is 10.6 Å². The summed E-state index contributed by atoms with van der Waals surface area (Å²) >= 11 is 0. The summed E-state index contributed by atoms with van der Waals surface area (Å²) in [6.07, 6.45) is 3.41. The molecule has 7 nitrogen and oxygen atoms in total. The molecule has 1 atom stereocenters. The Hall–Kier alpha value is -1.55. The average Bonchev–Trinajstić information content (AvgIpc) is 3.19. The highest BCUT2D eigenvalue weighted by atomic mass is 127. The molecule has 0 fully saturated rings. The maximum atomic E-state index is 5.37. The Morgan fingerprint density at radius 1 is 1.41 bits per heavy atom. The van der Waals surface area contributed by atoms with Crippen LogP contribution in [-0.2, 0) is 24.6 Å². The van der Waals surface area contributed by atoms with Crippen LogP contribution in [0.1, 0.15) is 29.6 Å². The lowest BCUT2D eigenvalue weighted by Crippen LogP contribution is -2.44. The fraction of sp³-hybridized carbons (Fsp3) is 0.579. The molecule has 0 aliphatic rings. The predicted molar refractivity (Wildman–Crippen MR) is 119 cm³/mol. The number of aryl methyl sites for hydroxylation is 2.